The van der Waals surface area contributed by atoms with E-state index >= 15 is 4.39 Å². The monoisotopic (exact) mass is 598 g/mol. The molecule has 3 saturated carbocycles. The van der Waals surface area contributed by atoms with E-state index in [2.05, 4.69) is 0 Å². The number of esters is 1. The van der Waals surface area contributed by atoms with E-state index in [1.54, 1.807) is 20.8 Å². The number of allylic oxidation sites excluding steroid dienone is 4. The van der Waals surface area contributed by atoms with Gasteiger partial charge in [-0.3, -0.25) is 9.59 Å². The zero-order valence-electron chi connectivity index (χ0n) is 23.4. The molecule has 4 aliphatic carbocycles. The first-order valence-electron chi connectivity index (χ1n) is 13.3. The van der Waals surface area contributed by atoms with E-state index in [1.165, 1.54) is 30.4 Å². The molecule has 12 heteroatoms. The molecule has 3 fully saturated rings. The van der Waals surface area contributed by atoms with Gasteiger partial charge in [0.2, 0.25) is 5.78 Å². The number of aliphatic hydroxyl groups is 2. The number of alkyl halides is 1. The third-order valence-electron chi connectivity index (χ3n) is 10.3. The van der Waals surface area contributed by atoms with Crippen molar-refractivity contribution in [2.24, 2.45) is 28.6 Å². The van der Waals surface area contributed by atoms with Gasteiger partial charge in [0.25, 0.3) is 0 Å². The van der Waals surface area contributed by atoms with E-state index in [-0.39, 0.29) is 47.3 Å². The van der Waals surface area contributed by atoms with Crippen molar-refractivity contribution in [2.45, 2.75) is 68.7 Å². The van der Waals surface area contributed by atoms with Gasteiger partial charge in [0, 0.05) is 16.7 Å². The second-order valence-corrected chi connectivity index (χ2v) is 13.5. The van der Waals surface area contributed by atoms with Crippen molar-refractivity contribution >= 4 is 27.7 Å². The Labute approximate surface area is 260 Å². The van der Waals surface area contributed by atoms with Gasteiger partial charge in [-0.15, -0.1) is 0 Å². The molecule has 41 heavy (non-hydrogen) atoms. The summed E-state index contributed by atoms with van der Waals surface area (Å²) < 4.78 is 56.3. The molecule has 5 rings (SSSR count). The number of rotatable bonds is 5. The van der Waals surface area contributed by atoms with Crippen LogP contribution in [0.2, 0.25) is 0 Å². The van der Waals surface area contributed by atoms with E-state index in [0.29, 0.717) is 24.8 Å². The quantitative estimate of drug-likeness (QED) is 0.263. The molecule has 2 N–H and O–H groups in total. The van der Waals surface area contributed by atoms with Crippen LogP contribution < -0.4 is 29.6 Å². The molecular formula is C29H32FNaO9S. The third kappa shape index (κ3) is 4.54. The van der Waals surface area contributed by atoms with Gasteiger partial charge in [0.15, 0.2) is 18.1 Å². The fourth-order valence-corrected chi connectivity index (χ4v) is 8.76. The number of fused-ring (bicyclic) bond motifs is 5. The van der Waals surface area contributed by atoms with Crippen LogP contribution in [-0.2, 0) is 24.4 Å². The maximum absolute atomic E-state index is 17.3. The van der Waals surface area contributed by atoms with E-state index in [9.17, 15) is 37.6 Å². The molecule has 1 aromatic rings. The molecule has 216 valence electrons. The number of ketones is 2. The summed E-state index contributed by atoms with van der Waals surface area (Å²) >= 11 is 0. The Morgan fingerprint density at radius 3 is 2.56 bits per heavy atom. The number of hydrogen-bond donors (Lipinski definition) is 2. The molecule has 0 bridgehead atoms. The zero-order chi connectivity index (χ0) is 29.5. The Balaban J connectivity index is 0.00000387. The Bertz CT molecular complexity index is 1470. The summed E-state index contributed by atoms with van der Waals surface area (Å²) in [7, 11) is -4.82. The molecule has 0 saturated heterocycles. The largest absolute Gasteiger partial charge is 1.00 e. The molecule has 4 aliphatic rings. The van der Waals surface area contributed by atoms with E-state index in [0.717, 1.165) is 12.1 Å². The van der Waals surface area contributed by atoms with Crippen molar-refractivity contribution in [2.75, 3.05) is 6.61 Å². The van der Waals surface area contributed by atoms with E-state index < -0.39 is 79.3 Å². The summed E-state index contributed by atoms with van der Waals surface area (Å²) in [5.41, 5.74) is -6.24. The van der Waals surface area contributed by atoms with Gasteiger partial charge in [-0.05, 0) is 74.8 Å². The summed E-state index contributed by atoms with van der Waals surface area (Å²) in [6, 6.07) is 4.29. The Morgan fingerprint density at radius 2 is 1.90 bits per heavy atom. The number of ether oxygens (including phenoxy) is 1. The van der Waals surface area contributed by atoms with Crippen LogP contribution in [0, 0.1) is 28.6 Å². The van der Waals surface area contributed by atoms with Crippen molar-refractivity contribution in [3.05, 3.63) is 53.6 Å². The van der Waals surface area contributed by atoms with Gasteiger partial charge in [-0.1, -0.05) is 31.6 Å². The van der Waals surface area contributed by atoms with E-state index in [4.69, 9.17) is 4.74 Å². The average Bonchev–Trinajstić information content (AvgIpc) is 3.09. The van der Waals surface area contributed by atoms with Gasteiger partial charge in [-0.25, -0.2) is 17.6 Å². The van der Waals surface area contributed by atoms with Crippen molar-refractivity contribution in [3.63, 3.8) is 0 Å². The standard InChI is InChI=1S/C29H33FO9S.Na/c1-16-11-22-21-8-7-18-13-19(31)9-10-26(18,2)28(21,30)23(32)14-27(22,3)29(16,35)24(33)15-39-25(34)17-5-4-6-20(12-17)40(36,37)38;/h4-6,9-10,12-13,16,21-23,32,35H,7-8,11,14-15H2,1-3H3,(H,36,37,38);/q;+1/p-1/t16-,21?,22?,23+,26+,27+,28+,29+;/m1./s1. The normalized spacial score (nSPS) is 39.5. The van der Waals surface area contributed by atoms with Crippen LogP contribution in [-0.4, -0.2) is 64.7 Å². The number of hydrogen-bond acceptors (Lipinski definition) is 9. The predicted octanol–water partition coefficient (Wildman–Crippen LogP) is -0.331. The molecule has 0 aromatic heterocycles. The molecule has 8 atom stereocenters. The van der Waals surface area contributed by atoms with Crippen LogP contribution in [0.4, 0.5) is 4.39 Å². The summed E-state index contributed by atoms with van der Waals surface area (Å²) in [6.07, 6.45) is 3.60. The number of benzene rings is 1. The minimum atomic E-state index is -4.82. The van der Waals surface area contributed by atoms with E-state index in [1.807, 2.05) is 0 Å². The Hall–Kier alpha value is -1.73. The maximum Gasteiger partial charge on any atom is 1.00 e. The molecule has 2 unspecified atom stereocenters. The molecular weight excluding hydrogens is 566 g/mol. The fourth-order valence-electron chi connectivity index (χ4n) is 8.24. The van der Waals surface area contributed by atoms with Gasteiger partial charge in [-0.2, -0.15) is 0 Å². The number of carbonyl (C=O) groups excluding carboxylic acids is 3. The molecule has 0 radical (unpaired) electrons. The minimum absolute atomic E-state index is 0. The van der Waals surface area contributed by atoms with Crippen LogP contribution >= 0.6 is 0 Å². The van der Waals surface area contributed by atoms with Gasteiger partial charge < -0.3 is 19.5 Å². The smallest absolute Gasteiger partial charge is 0.744 e. The van der Waals surface area contributed by atoms with Crippen molar-refractivity contribution < 1.29 is 76.3 Å². The summed E-state index contributed by atoms with van der Waals surface area (Å²) in [5, 5.41) is 23.4. The third-order valence-corrected chi connectivity index (χ3v) is 11.2. The maximum atomic E-state index is 17.3. The van der Waals surface area contributed by atoms with Gasteiger partial charge >= 0.3 is 35.5 Å². The summed E-state index contributed by atoms with van der Waals surface area (Å²) in [6.45, 7) is 4.18. The molecule has 0 spiro atoms. The predicted molar refractivity (Wildman–Crippen MR) is 138 cm³/mol. The Morgan fingerprint density at radius 1 is 1.22 bits per heavy atom. The van der Waals surface area contributed by atoms with Gasteiger partial charge in [0.1, 0.15) is 15.7 Å². The van der Waals surface area contributed by atoms with Crippen LogP contribution in [0.3, 0.4) is 0 Å². The number of carbonyl (C=O) groups is 3. The van der Waals surface area contributed by atoms with Crippen LogP contribution in [0.25, 0.3) is 0 Å². The SMILES string of the molecule is C[C@@H]1CC2C3CCC4=CC(=O)C=C[C@]4(C)[C@@]3(F)[C@@H](O)C[C@]2(C)[C@@]1(O)C(=O)COC(=O)c1cccc(S(=O)(=O)[O-])c1.[Na+]. The average molecular weight is 599 g/mol. The second kappa shape index (κ2) is 10.5. The summed E-state index contributed by atoms with van der Waals surface area (Å²) in [5.74, 6) is -3.93. The zero-order valence-corrected chi connectivity index (χ0v) is 26.2. The molecule has 0 heterocycles. The number of halogens is 1. The first kappa shape index (κ1) is 32.2. The molecule has 1 aromatic carbocycles. The van der Waals surface area contributed by atoms with Crippen molar-refractivity contribution in [1.29, 1.82) is 0 Å². The molecule has 0 amide bonds. The topological polar surface area (TPSA) is 158 Å². The molecule has 9 nitrogen and oxygen atoms in total. The number of aliphatic hydroxyl groups excluding tert-OH is 1. The molecule has 0 aliphatic heterocycles. The van der Waals surface area contributed by atoms with Crippen LogP contribution in [0.1, 0.15) is 56.8 Å². The Kier molecular flexibility index (Phi) is 8.22. The summed E-state index contributed by atoms with van der Waals surface area (Å²) in [4.78, 5) is 37.5. The van der Waals surface area contributed by atoms with Crippen LogP contribution in [0.5, 0.6) is 0 Å². The minimum Gasteiger partial charge on any atom is -0.744 e. The van der Waals surface area contributed by atoms with Crippen LogP contribution in [0.15, 0.2) is 53.0 Å². The first-order chi connectivity index (χ1) is 18.5. The number of Topliss-reactive ketones (excluding diaryl/α,β-unsaturated/α-hetero) is 1. The van der Waals surface area contributed by atoms with Crippen molar-refractivity contribution in [3.8, 4) is 0 Å². The first-order valence-corrected chi connectivity index (χ1v) is 14.7. The second-order valence-electron chi connectivity index (χ2n) is 12.1. The van der Waals surface area contributed by atoms with Gasteiger partial charge in [0.05, 0.1) is 16.6 Å². The van der Waals surface area contributed by atoms with Crippen molar-refractivity contribution in [1.82, 2.24) is 0 Å². The fraction of sp³-hybridized carbons (Fsp3) is 0.552.